The molecule has 0 aliphatic carbocycles. The average molecular weight is 239 g/mol. The topological polar surface area (TPSA) is 15.8 Å². The second kappa shape index (κ2) is 4.24. The molecule has 4 heteroatoms. The molecule has 0 fully saturated rings. The zero-order chi connectivity index (χ0) is 10.8. The zero-order valence-corrected chi connectivity index (χ0v) is 9.84. The highest BCUT2D eigenvalue weighted by Crippen LogP contribution is 2.26. The van der Waals surface area contributed by atoms with Crippen molar-refractivity contribution in [3.8, 4) is 11.3 Å². The molecule has 2 aromatic rings. The minimum absolute atomic E-state index is 0.217. The van der Waals surface area contributed by atoms with Crippen molar-refractivity contribution in [2.45, 2.75) is 13.3 Å². The third-order valence-electron chi connectivity index (χ3n) is 2.18. The van der Waals surface area contributed by atoms with Crippen molar-refractivity contribution in [2.75, 3.05) is 0 Å². The number of aromatic amines is 1. The SMILES string of the molecule is CCc1sc(=S)[nH]c1-c1ccc(F)cc1. The average Bonchev–Trinajstić information content (AvgIpc) is 2.61. The van der Waals surface area contributed by atoms with Crippen LogP contribution >= 0.6 is 23.6 Å². The van der Waals surface area contributed by atoms with E-state index in [0.29, 0.717) is 0 Å². The fourth-order valence-electron chi connectivity index (χ4n) is 1.46. The van der Waals surface area contributed by atoms with Crippen molar-refractivity contribution in [1.82, 2.24) is 4.98 Å². The lowest BCUT2D eigenvalue weighted by atomic mass is 10.1. The van der Waals surface area contributed by atoms with Crippen molar-refractivity contribution in [1.29, 1.82) is 0 Å². The van der Waals surface area contributed by atoms with Gasteiger partial charge >= 0.3 is 0 Å². The Bertz CT molecular complexity index is 510. The molecule has 0 aliphatic heterocycles. The number of halogens is 1. The van der Waals surface area contributed by atoms with Crippen molar-refractivity contribution < 1.29 is 4.39 Å². The quantitative estimate of drug-likeness (QED) is 0.777. The molecule has 1 aromatic heterocycles. The van der Waals surface area contributed by atoms with Gasteiger partial charge in [0, 0.05) is 4.88 Å². The molecule has 0 bridgehead atoms. The van der Waals surface area contributed by atoms with Crippen molar-refractivity contribution in [3.05, 3.63) is 38.9 Å². The van der Waals surface area contributed by atoms with Gasteiger partial charge in [-0.25, -0.2) is 4.39 Å². The van der Waals surface area contributed by atoms with Gasteiger partial charge in [0.25, 0.3) is 0 Å². The van der Waals surface area contributed by atoms with E-state index in [1.807, 2.05) is 0 Å². The Morgan fingerprint density at radius 2 is 2.00 bits per heavy atom. The van der Waals surface area contributed by atoms with E-state index in [9.17, 15) is 4.39 Å². The normalized spacial score (nSPS) is 10.5. The first-order valence-corrected chi connectivity index (χ1v) is 5.91. The van der Waals surface area contributed by atoms with Crippen LogP contribution < -0.4 is 0 Å². The lowest BCUT2D eigenvalue weighted by Gasteiger charge is -2.00. The van der Waals surface area contributed by atoms with Gasteiger partial charge in [-0.05, 0) is 48.5 Å². The van der Waals surface area contributed by atoms with Crippen molar-refractivity contribution >= 4 is 23.6 Å². The summed E-state index contributed by atoms with van der Waals surface area (Å²) in [4.78, 5) is 4.36. The van der Waals surface area contributed by atoms with E-state index in [1.165, 1.54) is 17.0 Å². The van der Waals surface area contributed by atoms with Crippen LogP contribution in [0.25, 0.3) is 11.3 Å². The van der Waals surface area contributed by atoms with Crippen molar-refractivity contribution in [3.63, 3.8) is 0 Å². The highest BCUT2D eigenvalue weighted by molar-refractivity contribution is 7.73. The molecule has 0 spiro atoms. The molecular formula is C11H10FNS2. The molecule has 1 aromatic carbocycles. The van der Waals surface area contributed by atoms with Crippen LogP contribution in [0.1, 0.15) is 11.8 Å². The van der Waals surface area contributed by atoms with E-state index in [4.69, 9.17) is 12.2 Å². The van der Waals surface area contributed by atoms with Crippen LogP contribution in [0.15, 0.2) is 24.3 Å². The molecule has 0 radical (unpaired) electrons. The Labute approximate surface area is 96.6 Å². The predicted octanol–water partition coefficient (Wildman–Crippen LogP) is 4.17. The lowest BCUT2D eigenvalue weighted by molar-refractivity contribution is 0.628. The Balaban J connectivity index is 2.53. The summed E-state index contributed by atoms with van der Waals surface area (Å²) < 4.78 is 13.5. The number of hydrogen-bond acceptors (Lipinski definition) is 2. The standard InChI is InChI=1S/C11H10FNS2/c1-2-9-10(13-11(14)15-9)7-3-5-8(12)6-4-7/h3-6H,2H2,1H3,(H,13,14). The largest absolute Gasteiger partial charge is 0.337 e. The number of aromatic nitrogens is 1. The molecule has 1 nitrogen and oxygen atoms in total. The second-order valence-corrected chi connectivity index (χ2v) is 4.94. The Hall–Kier alpha value is -1.00. The van der Waals surface area contributed by atoms with Gasteiger partial charge in [-0.2, -0.15) is 0 Å². The highest BCUT2D eigenvalue weighted by atomic mass is 32.1. The van der Waals surface area contributed by atoms with Gasteiger partial charge in [0.05, 0.1) is 5.69 Å². The van der Waals surface area contributed by atoms with Crippen LogP contribution in [0.3, 0.4) is 0 Å². The smallest absolute Gasteiger partial charge is 0.159 e. The van der Waals surface area contributed by atoms with E-state index in [0.717, 1.165) is 21.6 Å². The van der Waals surface area contributed by atoms with Gasteiger partial charge in [0.2, 0.25) is 0 Å². The van der Waals surface area contributed by atoms with E-state index in [2.05, 4.69) is 11.9 Å². The van der Waals surface area contributed by atoms with E-state index in [-0.39, 0.29) is 5.82 Å². The van der Waals surface area contributed by atoms with Gasteiger partial charge in [0.1, 0.15) is 5.82 Å². The Morgan fingerprint density at radius 1 is 1.33 bits per heavy atom. The zero-order valence-electron chi connectivity index (χ0n) is 8.21. The molecule has 0 atom stereocenters. The molecule has 2 rings (SSSR count). The number of aryl methyl sites for hydroxylation is 1. The predicted molar refractivity (Wildman–Crippen MR) is 64.3 cm³/mol. The number of thiazole rings is 1. The fourth-order valence-corrected chi connectivity index (χ4v) is 2.65. The summed E-state index contributed by atoms with van der Waals surface area (Å²) in [6, 6.07) is 6.45. The van der Waals surface area contributed by atoms with Crippen LogP contribution in [0.4, 0.5) is 4.39 Å². The summed E-state index contributed by atoms with van der Waals surface area (Å²) in [5.41, 5.74) is 2.01. The molecular weight excluding hydrogens is 229 g/mol. The van der Waals surface area contributed by atoms with E-state index < -0.39 is 0 Å². The van der Waals surface area contributed by atoms with Gasteiger partial charge < -0.3 is 4.98 Å². The van der Waals surface area contributed by atoms with Crippen LogP contribution in [0, 0.1) is 9.77 Å². The first-order chi connectivity index (χ1) is 7.20. The summed E-state index contributed by atoms with van der Waals surface area (Å²) >= 11 is 6.68. The molecule has 0 unspecified atom stereocenters. The number of hydrogen-bond donors (Lipinski definition) is 1. The summed E-state index contributed by atoms with van der Waals surface area (Å²) in [5.74, 6) is -0.217. The third kappa shape index (κ3) is 2.16. The molecule has 0 amide bonds. The maximum Gasteiger partial charge on any atom is 0.159 e. The summed E-state index contributed by atoms with van der Waals surface area (Å²) in [7, 11) is 0. The maximum atomic E-state index is 12.8. The van der Waals surface area contributed by atoms with Crippen molar-refractivity contribution in [2.24, 2.45) is 0 Å². The van der Waals surface area contributed by atoms with Gasteiger partial charge in [-0.1, -0.05) is 6.92 Å². The highest BCUT2D eigenvalue weighted by Gasteiger charge is 2.06. The lowest BCUT2D eigenvalue weighted by Crippen LogP contribution is -1.83. The second-order valence-electron chi connectivity index (χ2n) is 3.17. The summed E-state index contributed by atoms with van der Waals surface area (Å²) in [6.45, 7) is 2.08. The molecule has 15 heavy (non-hydrogen) atoms. The van der Waals surface area contributed by atoms with Gasteiger partial charge in [-0.3, -0.25) is 0 Å². The Kier molecular flexibility index (Phi) is 2.98. The van der Waals surface area contributed by atoms with Crippen LogP contribution in [0.5, 0.6) is 0 Å². The van der Waals surface area contributed by atoms with E-state index in [1.54, 1.807) is 23.5 Å². The number of benzene rings is 1. The fraction of sp³-hybridized carbons (Fsp3) is 0.182. The molecule has 0 aliphatic rings. The first kappa shape index (κ1) is 10.5. The maximum absolute atomic E-state index is 12.8. The molecule has 1 N–H and O–H groups in total. The van der Waals surface area contributed by atoms with Gasteiger partial charge in [-0.15, -0.1) is 11.3 Å². The number of rotatable bonds is 2. The van der Waals surface area contributed by atoms with E-state index >= 15 is 0 Å². The van der Waals surface area contributed by atoms with Gasteiger partial charge in [0.15, 0.2) is 3.95 Å². The minimum Gasteiger partial charge on any atom is -0.337 e. The molecule has 78 valence electrons. The Morgan fingerprint density at radius 3 is 2.60 bits per heavy atom. The summed E-state index contributed by atoms with van der Waals surface area (Å²) in [6.07, 6.45) is 0.935. The minimum atomic E-state index is -0.217. The number of H-pyrrole nitrogens is 1. The van der Waals surface area contributed by atoms with Crippen LogP contribution in [-0.4, -0.2) is 4.98 Å². The molecule has 0 saturated heterocycles. The third-order valence-corrected chi connectivity index (χ3v) is 3.55. The first-order valence-electron chi connectivity index (χ1n) is 4.68. The summed E-state index contributed by atoms with van der Waals surface area (Å²) in [5, 5.41) is 0. The monoisotopic (exact) mass is 239 g/mol. The number of nitrogens with one attached hydrogen (secondary N) is 1. The molecule has 0 saturated carbocycles. The molecule has 1 heterocycles. The van der Waals surface area contributed by atoms with Crippen LogP contribution in [0.2, 0.25) is 0 Å². The van der Waals surface area contributed by atoms with Crippen LogP contribution in [-0.2, 0) is 6.42 Å².